The van der Waals surface area contributed by atoms with E-state index < -0.39 is 0 Å². The van der Waals surface area contributed by atoms with Gasteiger partial charge in [0.1, 0.15) is 5.84 Å². The van der Waals surface area contributed by atoms with Crippen molar-refractivity contribution < 1.29 is 0 Å². The zero-order valence-corrected chi connectivity index (χ0v) is 16.5. The summed E-state index contributed by atoms with van der Waals surface area (Å²) in [5.41, 5.74) is 3.56. The Hall–Kier alpha value is -0.790. The van der Waals surface area contributed by atoms with Gasteiger partial charge >= 0.3 is 0 Å². The second kappa shape index (κ2) is 5.11. The third kappa shape index (κ3) is 2.98. The molecule has 2 heteroatoms. The second-order valence-electron chi connectivity index (χ2n) is 10.3. The number of hydrogen-bond donors (Lipinski definition) is 0. The van der Waals surface area contributed by atoms with Gasteiger partial charge in [-0.3, -0.25) is 4.99 Å². The molecule has 0 amide bonds. The summed E-state index contributed by atoms with van der Waals surface area (Å²) >= 11 is 0. The van der Waals surface area contributed by atoms with Crippen LogP contribution in [0.2, 0.25) is 0 Å². The number of allylic oxidation sites excluding steroid dienone is 1. The highest BCUT2D eigenvalue weighted by Gasteiger charge is 2.46. The number of aliphatic imine (C=N–C) groups is 1. The topological polar surface area (TPSA) is 15.6 Å². The van der Waals surface area contributed by atoms with Crippen LogP contribution in [0.4, 0.5) is 0 Å². The summed E-state index contributed by atoms with van der Waals surface area (Å²) in [4.78, 5) is 7.92. The van der Waals surface area contributed by atoms with Crippen molar-refractivity contribution in [3.63, 3.8) is 0 Å². The third-order valence-electron chi connectivity index (χ3n) is 4.89. The number of nitrogens with zero attached hydrogens (tertiary/aromatic N) is 2. The molecule has 0 saturated carbocycles. The second-order valence-corrected chi connectivity index (χ2v) is 10.3. The zero-order valence-electron chi connectivity index (χ0n) is 16.5. The van der Waals surface area contributed by atoms with Gasteiger partial charge in [-0.1, -0.05) is 62.3 Å². The summed E-state index contributed by atoms with van der Waals surface area (Å²) in [6.07, 6.45) is 2.45. The van der Waals surface area contributed by atoms with E-state index in [0.29, 0.717) is 12.1 Å². The molecular formula is C20H36N2. The van der Waals surface area contributed by atoms with Crippen molar-refractivity contribution in [1.29, 1.82) is 0 Å². The fourth-order valence-corrected chi connectivity index (χ4v) is 3.89. The van der Waals surface area contributed by atoms with Gasteiger partial charge in [0.2, 0.25) is 0 Å². The number of amidine groups is 1. The molecule has 126 valence electrons. The first kappa shape index (κ1) is 17.6. The highest BCUT2D eigenvalue weighted by molar-refractivity contribution is 5.91. The van der Waals surface area contributed by atoms with Crippen LogP contribution in [0.15, 0.2) is 16.3 Å². The van der Waals surface area contributed by atoms with Gasteiger partial charge in [-0.2, -0.15) is 0 Å². The molecule has 0 aromatic carbocycles. The smallest absolute Gasteiger partial charge is 0.109 e. The van der Waals surface area contributed by atoms with Crippen LogP contribution in [-0.4, -0.2) is 22.8 Å². The van der Waals surface area contributed by atoms with E-state index in [0.717, 1.165) is 0 Å². The Kier molecular flexibility index (Phi) is 4.08. The third-order valence-corrected chi connectivity index (χ3v) is 4.89. The van der Waals surface area contributed by atoms with E-state index in [1.165, 1.54) is 18.7 Å². The van der Waals surface area contributed by atoms with E-state index in [1.54, 1.807) is 11.3 Å². The fraction of sp³-hybridized carbons (Fsp3) is 0.850. The SMILES string of the molecule is CC1CCC2=C(C(C)(C)C)C(C(C)(C)C)N=C(C(C)(C)C)N21. The van der Waals surface area contributed by atoms with Crippen LogP contribution in [0.1, 0.15) is 82.1 Å². The minimum atomic E-state index is 0.0940. The number of hydrogen-bond acceptors (Lipinski definition) is 2. The van der Waals surface area contributed by atoms with Gasteiger partial charge in [0.15, 0.2) is 0 Å². The average Bonchev–Trinajstić information content (AvgIpc) is 2.66. The molecule has 0 aromatic rings. The van der Waals surface area contributed by atoms with Crippen molar-refractivity contribution in [1.82, 2.24) is 4.90 Å². The van der Waals surface area contributed by atoms with Gasteiger partial charge in [-0.05, 0) is 36.2 Å². The predicted molar refractivity (Wildman–Crippen MR) is 97.1 cm³/mol. The Morgan fingerprint density at radius 1 is 0.909 bits per heavy atom. The summed E-state index contributed by atoms with van der Waals surface area (Å²) in [6.45, 7) is 23.3. The van der Waals surface area contributed by atoms with E-state index in [9.17, 15) is 0 Å². The first-order valence-electron chi connectivity index (χ1n) is 8.85. The molecule has 0 bridgehead atoms. The molecule has 2 nitrogen and oxygen atoms in total. The van der Waals surface area contributed by atoms with Gasteiger partial charge in [-0.15, -0.1) is 0 Å². The van der Waals surface area contributed by atoms with Gasteiger partial charge in [0.05, 0.1) is 6.04 Å². The van der Waals surface area contributed by atoms with E-state index in [4.69, 9.17) is 4.99 Å². The van der Waals surface area contributed by atoms with Crippen LogP contribution in [0.25, 0.3) is 0 Å². The maximum absolute atomic E-state index is 5.35. The molecule has 0 aromatic heterocycles. The lowest BCUT2D eigenvalue weighted by Gasteiger charge is -2.47. The van der Waals surface area contributed by atoms with Crippen molar-refractivity contribution in [2.24, 2.45) is 21.2 Å². The van der Waals surface area contributed by atoms with Crippen LogP contribution in [0.3, 0.4) is 0 Å². The van der Waals surface area contributed by atoms with Crippen LogP contribution >= 0.6 is 0 Å². The zero-order chi connectivity index (χ0) is 17.1. The standard InChI is InChI=1S/C20H36N2/c1-13-11-12-14-15(18(2,3)4)16(19(5,6)7)21-17(22(13)14)20(8,9)10/h13,16H,11-12H2,1-10H3. The van der Waals surface area contributed by atoms with Crippen molar-refractivity contribution in [3.05, 3.63) is 11.3 Å². The van der Waals surface area contributed by atoms with Crippen molar-refractivity contribution >= 4 is 5.84 Å². The Balaban J connectivity index is 2.69. The van der Waals surface area contributed by atoms with Crippen molar-refractivity contribution in [3.8, 4) is 0 Å². The Morgan fingerprint density at radius 3 is 1.86 bits per heavy atom. The van der Waals surface area contributed by atoms with Crippen LogP contribution in [-0.2, 0) is 0 Å². The molecule has 1 saturated heterocycles. The van der Waals surface area contributed by atoms with E-state index in [1.807, 2.05) is 0 Å². The lowest BCUT2D eigenvalue weighted by atomic mass is 9.70. The predicted octanol–water partition coefficient (Wildman–Crippen LogP) is 5.64. The normalized spacial score (nSPS) is 27.2. The van der Waals surface area contributed by atoms with Crippen LogP contribution in [0, 0.1) is 16.2 Å². The number of fused-ring (bicyclic) bond motifs is 1. The largest absolute Gasteiger partial charge is 0.331 e. The molecular weight excluding hydrogens is 268 g/mol. The molecule has 2 aliphatic rings. The lowest BCUT2D eigenvalue weighted by Crippen LogP contribution is -2.48. The average molecular weight is 305 g/mol. The molecule has 2 aliphatic heterocycles. The Bertz CT molecular complexity index is 503. The molecule has 2 heterocycles. The van der Waals surface area contributed by atoms with E-state index in [2.05, 4.69) is 74.1 Å². The minimum absolute atomic E-state index is 0.0940. The molecule has 0 N–H and O–H groups in total. The highest BCUT2D eigenvalue weighted by Crippen LogP contribution is 2.48. The summed E-state index contributed by atoms with van der Waals surface area (Å²) in [6, 6.07) is 0.865. The quantitative estimate of drug-likeness (QED) is 0.565. The minimum Gasteiger partial charge on any atom is -0.331 e. The summed E-state index contributed by atoms with van der Waals surface area (Å²) in [5.74, 6) is 1.29. The molecule has 22 heavy (non-hydrogen) atoms. The first-order valence-corrected chi connectivity index (χ1v) is 8.85. The first-order chi connectivity index (χ1) is 9.74. The van der Waals surface area contributed by atoms with Crippen molar-refractivity contribution in [2.45, 2.75) is 94.2 Å². The molecule has 0 radical (unpaired) electrons. The fourth-order valence-electron chi connectivity index (χ4n) is 3.89. The number of rotatable bonds is 0. The lowest BCUT2D eigenvalue weighted by molar-refractivity contribution is 0.276. The maximum atomic E-state index is 5.35. The van der Waals surface area contributed by atoms with E-state index in [-0.39, 0.29) is 16.2 Å². The molecule has 0 spiro atoms. The van der Waals surface area contributed by atoms with Gasteiger partial charge in [-0.25, -0.2) is 0 Å². The Labute approximate surface area is 138 Å². The maximum Gasteiger partial charge on any atom is 0.109 e. The molecule has 2 rings (SSSR count). The molecule has 2 atom stereocenters. The van der Waals surface area contributed by atoms with Crippen LogP contribution < -0.4 is 0 Å². The summed E-state index contributed by atoms with van der Waals surface area (Å²) in [7, 11) is 0. The van der Waals surface area contributed by atoms with Crippen LogP contribution in [0.5, 0.6) is 0 Å². The highest BCUT2D eigenvalue weighted by atomic mass is 15.3. The Morgan fingerprint density at radius 2 is 1.45 bits per heavy atom. The molecule has 1 fully saturated rings. The molecule has 2 unspecified atom stereocenters. The van der Waals surface area contributed by atoms with Gasteiger partial charge in [0, 0.05) is 17.2 Å². The summed E-state index contributed by atoms with van der Waals surface area (Å²) < 4.78 is 0. The monoisotopic (exact) mass is 304 g/mol. The van der Waals surface area contributed by atoms with Crippen molar-refractivity contribution in [2.75, 3.05) is 0 Å². The van der Waals surface area contributed by atoms with Gasteiger partial charge in [0.25, 0.3) is 0 Å². The summed E-state index contributed by atoms with van der Waals surface area (Å²) in [5, 5.41) is 0. The van der Waals surface area contributed by atoms with E-state index >= 15 is 0 Å². The van der Waals surface area contributed by atoms with Gasteiger partial charge < -0.3 is 4.90 Å². The molecule has 0 aliphatic carbocycles.